The second-order valence-corrected chi connectivity index (χ2v) is 4.96. The number of aromatic nitrogens is 1. The molecule has 1 aliphatic rings. The van der Waals surface area contributed by atoms with Crippen molar-refractivity contribution in [2.24, 2.45) is 0 Å². The predicted octanol–water partition coefficient (Wildman–Crippen LogP) is 2.24. The third kappa shape index (κ3) is 3.19. The van der Waals surface area contributed by atoms with Gasteiger partial charge >= 0.3 is 5.97 Å². The fourth-order valence-corrected chi connectivity index (χ4v) is 2.77. The van der Waals surface area contributed by atoms with Gasteiger partial charge in [-0.25, -0.2) is 4.98 Å². The average Bonchev–Trinajstić information content (AvgIpc) is 3.02. The number of thiazole rings is 1. The van der Waals surface area contributed by atoms with Gasteiger partial charge in [0.2, 0.25) is 0 Å². The summed E-state index contributed by atoms with van der Waals surface area (Å²) < 4.78 is 4.91. The van der Waals surface area contributed by atoms with Crippen LogP contribution in [-0.2, 0) is 16.0 Å². The first-order valence-electron chi connectivity index (χ1n) is 6.11. The molecule has 0 N–H and O–H groups in total. The molecule has 0 radical (unpaired) electrons. The van der Waals surface area contributed by atoms with Crippen LogP contribution in [0, 0.1) is 0 Å². The van der Waals surface area contributed by atoms with E-state index in [1.807, 2.05) is 12.3 Å². The largest absolute Gasteiger partial charge is 0.466 e. The van der Waals surface area contributed by atoms with E-state index in [0.29, 0.717) is 12.6 Å². The van der Waals surface area contributed by atoms with Gasteiger partial charge in [0.05, 0.1) is 18.7 Å². The van der Waals surface area contributed by atoms with E-state index < -0.39 is 0 Å². The van der Waals surface area contributed by atoms with Crippen molar-refractivity contribution in [1.29, 1.82) is 0 Å². The second-order valence-electron chi connectivity index (χ2n) is 4.12. The molecular weight excluding hydrogens is 236 g/mol. The van der Waals surface area contributed by atoms with E-state index in [2.05, 4.69) is 16.8 Å². The van der Waals surface area contributed by atoms with E-state index in [-0.39, 0.29) is 12.4 Å². The Balaban J connectivity index is 1.97. The molecule has 94 valence electrons. The molecule has 0 aliphatic heterocycles. The first-order chi connectivity index (χ1) is 8.24. The summed E-state index contributed by atoms with van der Waals surface area (Å²) in [6, 6.07) is 0.668. The standard InChI is InChI=1S/C12H18N2O2S/c1-3-14(10-5-6-10)12-13-9(8-17-12)7-11(15)16-4-2/h8,10H,3-7H2,1-2H3. The van der Waals surface area contributed by atoms with Crippen molar-refractivity contribution in [3.05, 3.63) is 11.1 Å². The number of nitrogens with zero attached hydrogens (tertiary/aromatic N) is 2. The number of carbonyl (C=O) groups is 1. The Hall–Kier alpha value is -1.10. The molecule has 0 spiro atoms. The summed E-state index contributed by atoms with van der Waals surface area (Å²) in [4.78, 5) is 18.2. The van der Waals surface area contributed by atoms with Crippen molar-refractivity contribution in [2.45, 2.75) is 39.2 Å². The average molecular weight is 254 g/mol. The minimum absolute atomic E-state index is 0.196. The van der Waals surface area contributed by atoms with Gasteiger partial charge in [-0.15, -0.1) is 11.3 Å². The van der Waals surface area contributed by atoms with Gasteiger partial charge in [-0.05, 0) is 26.7 Å². The van der Waals surface area contributed by atoms with Crippen LogP contribution >= 0.6 is 11.3 Å². The molecule has 0 aromatic carbocycles. The summed E-state index contributed by atoms with van der Waals surface area (Å²) >= 11 is 1.62. The fraction of sp³-hybridized carbons (Fsp3) is 0.667. The Morgan fingerprint density at radius 1 is 1.59 bits per heavy atom. The molecule has 0 amide bonds. The SMILES string of the molecule is CCOC(=O)Cc1csc(N(CC)C2CC2)n1. The summed E-state index contributed by atoms with van der Waals surface area (Å²) in [7, 11) is 0. The van der Waals surface area contributed by atoms with Crippen molar-refractivity contribution in [3.8, 4) is 0 Å². The van der Waals surface area contributed by atoms with Gasteiger partial charge in [-0.2, -0.15) is 0 Å². The molecule has 0 saturated heterocycles. The molecule has 1 heterocycles. The van der Waals surface area contributed by atoms with Crippen LogP contribution < -0.4 is 4.90 Å². The third-order valence-corrected chi connectivity index (χ3v) is 3.67. The van der Waals surface area contributed by atoms with E-state index in [9.17, 15) is 4.79 Å². The lowest BCUT2D eigenvalue weighted by Gasteiger charge is -2.18. The molecule has 0 unspecified atom stereocenters. The molecule has 1 aromatic heterocycles. The number of anilines is 1. The van der Waals surface area contributed by atoms with Gasteiger partial charge in [0.15, 0.2) is 5.13 Å². The molecule has 2 rings (SSSR count). The summed E-state index contributed by atoms with van der Waals surface area (Å²) in [5.41, 5.74) is 0.822. The molecule has 17 heavy (non-hydrogen) atoms. The maximum atomic E-state index is 11.3. The van der Waals surface area contributed by atoms with Crippen LogP contribution in [0.5, 0.6) is 0 Å². The minimum atomic E-state index is -0.196. The number of ether oxygens (including phenoxy) is 1. The van der Waals surface area contributed by atoms with Crippen molar-refractivity contribution in [1.82, 2.24) is 4.98 Å². The van der Waals surface area contributed by atoms with Crippen molar-refractivity contribution >= 4 is 22.4 Å². The molecule has 0 bridgehead atoms. The molecular formula is C12H18N2O2S. The van der Waals surface area contributed by atoms with Gasteiger partial charge < -0.3 is 9.64 Å². The maximum absolute atomic E-state index is 11.3. The minimum Gasteiger partial charge on any atom is -0.466 e. The third-order valence-electron chi connectivity index (χ3n) is 2.74. The van der Waals surface area contributed by atoms with Crippen LogP contribution in [0.15, 0.2) is 5.38 Å². The number of carbonyl (C=O) groups excluding carboxylic acids is 1. The van der Waals surface area contributed by atoms with Gasteiger partial charge in [-0.1, -0.05) is 0 Å². The van der Waals surface area contributed by atoms with Crippen LogP contribution in [0.4, 0.5) is 5.13 Å². The molecule has 1 saturated carbocycles. The summed E-state index contributed by atoms with van der Waals surface area (Å²) in [5, 5.41) is 2.99. The molecule has 1 aromatic rings. The number of hydrogen-bond donors (Lipinski definition) is 0. The Morgan fingerprint density at radius 3 is 2.94 bits per heavy atom. The summed E-state index contributed by atoms with van der Waals surface area (Å²) in [6.45, 7) is 5.37. The van der Waals surface area contributed by atoms with Crippen LogP contribution in [0.25, 0.3) is 0 Å². The molecule has 5 heteroatoms. The van der Waals surface area contributed by atoms with Crippen LogP contribution in [0.2, 0.25) is 0 Å². The highest BCUT2D eigenvalue weighted by atomic mass is 32.1. The topological polar surface area (TPSA) is 42.4 Å². The highest BCUT2D eigenvalue weighted by Gasteiger charge is 2.29. The van der Waals surface area contributed by atoms with Gasteiger partial charge in [0, 0.05) is 18.0 Å². The quantitative estimate of drug-likeness (QED) is 0.730. The highest BCUT2D eigenvalue weighted by Crippen LogP contribution is 2.33. The molecule has 1 fully saturated rings. The first-order valence-corrected chi connectivity index (χ1v) is 6.99. The number of rotatable bonds is 6. The molecule has 4 nitrogen and oxygen atoms in total. The van der Waals surface area contributed by atoms with E-state index in [4.69, 9.17) is 4.74 Å². The zero-order valence-corrected chi connectivity index (χ0v) is 11.1. The Bertz CT molecular complexity index is 388. The second kappa shape index (κ2) is 5.49. The van der Waals surface area contributed by atoms with Crippen molar-refractivity contribution in [3.63, 3.8) is 0 Å². The summed E-state index contributed by atoms with van der Waals surface area (Å²) in [6.07, 6.45) is 2.81. The van der Waals surface area contributed by atoms with Gasteiger partial charge in [0.1, 0.15) is 0 Å². The zero-order chi connectivity index (χ0) is 12.3. The Kier molecular flexibility index (Phi) is 3.99. The lowest BCUT2D eigenvalue weighted by molar-refractivity contribution is -0.142. The molecule has 1 aliphatic carbocycles. The first kappa shape index (κ1) is 12.4. The predicted molar refractivity (Wildman–Crippen MR) is 68.5 cm³/mol. The van der Waals surface area contributed by atoms with Gasteiger partial charge in [-0.3, -0.25) is 4.79 Å². The lowest BCUT2D eigenvalue weighted by atomic mass is 10.3. The fourth-order valence-electron chi connectivity index (χ4n) is 1.81. The van der Waals surface area contributed by atoms with Crippen molar-refractivity contribution in [2.75, 3.05) is 18.1 Å². The summed E-state index contributed by atoms with van der Waals surface area (Å²) in [5.74, 6) is -0.196. The van der Waals surface area contributed by atoms with Crippen LogP contribution in [-0.4, -0.2) is 30.1 Å². The van der Waals surface area contributed by atoms with Crippen LogP contribution in [0.3, 0.4) is 0 Å². The van der Waals surface area contributed by atoms with E-state index in [1.54, 1.807) is 11.3 Å². The van der Waals surface area contributed by atoms with E-state index in [0.717, 1.165) is 17.4 Å². The number of hydrogen-bond acceptors (Lipinski definition) is 5. The highest BCUT2D eigenvalue weighted by molar-refractivity contribution is 7.13. The number of esters is 1. The monoisotopic (exact) mass is 254 g/mol. The zero-order valence-electron chi connectivity index (χ0n) is 10.3. The Morgan fingerprint density at radius 2 is 2.35 bits per heavy atom. The Labute approximate surface area is 106 Å². The van der Waals surface area contributed by atoms with Gasteiger partial charge in [0.25, 0.3) is 0 Å². The van der Waals surface area contributed by atoms with E-state index >= 15 is 0 Å². The van der Waals surface area contributed by atoms with Crippen molar-refractivity contribution < 1.29 is 9.53 Å². The van der Waals surface area contributed by atoms with E-state index in [1.165, 1.54) is 12.8 Å². The van der Waals surface area contributed by atoms with Crippen LogP contribution in [0.1, 0.15) is 32.4 Å². The smallest absolute Gasteiger partial charge is 0.311 e. The normalized spacial score (nSPS) is 14.7. The maximum Gasteiger partial charge on any atom is 0.311 e. The lowest BCUT2D eigenvalue weighted by Crippen LogP contribution is -2.24. The molecule has 0 atom stereocenters.